The molecule has 0 unspecified atom stereocenters. The summed E-state index contributed by atoms with van der Waals surface area (Å²) < 4.78 is 6.39. The molecule has 0 spiro atoms. The van der Waals surface area contributed by atoms with Gasteiger partial charge < -0.3 is 10.1 Å². The van der Waals surface area contributed by atoms with Crippen molar-refractivity contribution >= 4 is 34.2 Å². The van der Waals surface area contributed by atoms with E-state index in [0.29, 0.717) is 6.42 Å². The molecular formula is C17H18INO2. The lowest BCUT2D eigenvalue weighted by Gasteiger charge is -2.08. The molecule has 21 heavy (non-hydrogen) atoms. The van der Waals surface area contributed by atoms with E-state index in [1.165, 1.54) is 0 Å². The topological polar surface area (TPSA) is 38.3 Å². The third-order valence-electron chi connectivity index (χ3n) is 3.23. The number of rotatable bonds is 5. The fourth-order valence-corrected chi connectivity index (χ4v) is 2.47. The largest absolute Gasteiger partial charge is 0.496 e. The zero-order valence-electron chi connectivity index (χ0n) is 12.2. The molecule has 0 aromatic heterocycles. The molecule has 0 aliphatic heterocycles. The molecule has 2 aromatic rings. The molecule has 0 bridgehead atoms. The minimum atomic E-state index is 0.0321. The number of benzene rings is 2. The maximum absolute atomic E-state index is 11.9. The average Bonchev–Trinajstić information content (AvgIpc) is 2.48. The second kappa shape index (κ2) is 7.45. The molecule has 1 N–H and O–H groups in total. The van der Waals surface area contributed by atoms with Gasteiger partial charge in [0.25, 0.3) is 0 Å². The lowest BCUT2D eigenvalue weighted by atomic mass is 10.1. The molecule has 0 aliphatic carbocycles. The van der Waals surface area contributed by atoms with Crippen molar-refractivity contribution in [1.82, 2.24) is 0 Å². The van der Waals surface area contributed by atoms with E-state index < -0.39 is 0 Å². The highest BCUT2D eigenvalue weighted by atomic mass is 127. The molecule has 0 saturated carbocycles. The number of carbonyl (C=O) groups excluding carboxylic acids is 1. The fraction of sp³-hybridized carbons (Fsp3) is 0.235. The third kappa shape index (κ3) is 4.74. The highest BCUT2D eigenvalue weighted by Gasteiger charge is 2.05. The van der Waals surface area contributed by atoms with Crippen LogP contribution in [-0.4, -0.2) is 13.0 Å². The fourth-order valence-electron chi connectivity index (χ4n) is 2.11. The van der Waals surface area contributed by atoms with Crippen molar-refractivity contribution in [2.75, 3.05) is 12.4 Å². The van der Waals surface area contributed by atoms with Crippen LogP contribution in [0.15, 0.2) is 42.5 Å². The first-order chi connectivity index (χ1) is 10.1. The zero-order chi connectivity index (χ0) is 15.2. The lowest BCUT2D eigenvalue weighted by Crippen LogP contribution is -2.12. The van der Waals surface area contributed by atoms with Gasteiger partial charge in [0, 0.05) is 15.7 Å². The van der Waals surface area contributed by atoms with E-state index in [0.717, 1.165) is 32.6 Å². The smallest absolute Gasteiger partial charge is 0.224 e. The molecule has 3 nitrogen and oxygen atoms in total. The Morgan fingerprint density at radius 2 is 1.90 bits per heavy atom. The van der Waals surface area contributed by atoms with Crippen molar-refractivity contribution in [1.29, 1.82) is 0 Å². The van der Waals surface area contributed by atoms with Crippen LogP contribution < -0.4 is 10.1 Å². The summed E-state index contributed by atoms with van der Waals surface area (Å²) in [6.45, 7) is 2.01. The first-order valence-corrected chi connectivity index (χ1v) is 7.85. The van der Waals surface area contributed by atoms with Crippen LogP contribution in [0.5, 0.6) is 5.75 Å². The number of anilines is 1. The number of halogens is 1. The molecule has 0 fully saturated rings. The summed E-state index contributed by atoms with van der Waals surface area (Å²) in [7, 11) is 1.66. The Bertz CT molecular complexity index is 623. The van der Waals surface area contributed by atoms with Crippen LogP contribution in [0.4, 0.5) is 5.69 Å². The SMILES string of the molecule is COc1ccc(CCC(=O)Nc2ccc(I)cc2)cc1C. The van der Waals surface area contributed by atoms with E-state index in [4.69, 9.17) is 4.74 Å². The van der Waals surface area contributed by atoms with Gasteiger partial charge in [0.15, 0.2) is 0 Å². The van der Waals surface area contributed by atoms with Crippen LogP contribution in [0.3, 0.4) is 0 Å². The van der Waals surface area contributed by atoms with Gasteiger partial charge >= 0.3 is 0 Å². The maximum Gasteiger partial charge on any atom is 0.224 e. The number of carbonyl (C=O) groups is 1. The van der Waals surface area contributed by atoms with Crippen LogP contribution in [0.25, 0.3) is 0 Å². The number of hydrogen-bond donors (Lipinski definition) is 1. The average molecular weight is 395 g/mol. The van der Waals surface area contributed by atoms with Gasteiger partial charge in [-0.05, 0) is 77.4 Å². The van der Waals surface area contributed by atoms with E-state index >= 15 is 0 Å². The second-order valence-corrected chi connectivity index (χ2v) is 6.10. The van der Waals surface area contributed by atoms with E-state index in [1.807, 2.05) is 43.3 Å². The van der Waals surface area contributed by atoms with Crippen molar-refractivity contribution in [3.8, 4) is 5.75 Å². The summed E-state index contributed by atoms with van der Waals surface area (Å²) in [5, 5.41) is 2.91. The van der Waals surface area contributed by atoms with Crippen molar-refractivity contribution in [3.05, 3.63) is 57.2 Å². The molecule has 1 amide bonds. The third-order valence-corrected chi connectivity index (χ3v) is 3.95. The van der Waals surface area contributed by atoms with Crippen LogP contribution >= 0.6 is 22.6 Å². The summed E-state index contributed by atoms with van der Waals surface area (Å²) in [6, 6.07) is 13.8. The number of nitrogens with one attached hydrogen (secondary N) is 1. The van der Waals surface area contributed by atoms with Gasteiger partial charge in [0.1, 0.15) is 5.75 Å². The first-order valence-electron chi connectivity index (χ1n) is 6.77. The van der Waals surface area contributed by atoms with Crippen LogP contribution in [-0.2, 0) is 11.2 Å². The monoisotopic (exact) mass is 395 g/mol. The molecule has 0 radical (unpaired) electrons. The van der Waals surface area contributed by atoms with Gasteiger partial charge in [-0.15, -0.1) is 0 Å². The molecule has 4 heteroatoms. The Morgan fingerprint density at radius 3 is 2.52 bits per heavy atom. The van der Waals surface area contributed by atoms with Crippen LogP contribution in [0.1, 0.15) is 17.5 Å². The van der Waals surface area contributed by atoms with Crippen molar-refractivity contribution in [2.45, 2.75) is 19.8 Å². The Kier molecular flexibility index (Phi) is 5.61. The molecule has 0 atom stereocenters. The van der Waals surface area contributed by atoms with E-state index in [2.05, 4.69) is 34.0 Å². The number of methoxy groups -OCH3 is 1. The quantitative estimate of drug-likeness (QED) is 0.772. The van der Waals surface area contributed by atoms with Gasteiger partial charge in [0.05, 0.1) is 7.11 Å². The summed E-state index contributed by atoms with van der Waals surface area (Å²) in [5.74, 6) is 0.909. The Morgan fingerprint density at radius 1 is 1.19 bits per heavy atom. The van der Waals surface area contributed by atoms with Crippen molar-refractivity contribution in [2.24, 2.45) is 0 Å². The minimum Gasteiger partial charge on any atom is -0.496 e. The standard InChI is InChI=1S/C17H18INO2/c1-12-11-13(3-9-16(12)21-2)4-10-17(20)19-15-7-5-14(18)6-8-15/h3,5-9,11H,4,10H2,1-2H3,(H,19,20). The lowest BCUT2D eigenvalue weighted by molar-refractivity contribution is -0.116. The normalized spacial score (nSPS) is 10.2. The first kappa shape index (κ1) is 15.8. The second-order valence-electron chi connectivity index (χ2n) is 4.86. The molecule has 0 heterocycles. The molecule has 110 valence electrons. The molecular weight excluding hydrogens is 377 g/mol. The van der Waals surface area contributed by atoms with E-state index in [9.17, 15) is 4.79 Å². The van der Waals surface area contributed by atoms with Gasteiger partial charge in [0.2, 0.25) is 5.91 Å². The zero-order valence-corrected chi connectivity index (χ0v) is 14.3. The predicted molar refractivity (Wildman–Crippen MR) is 93.8 cm³/mol. The summed E-state index contributed by atoms with van der Waals surface area (Å²) in [5.41, 5.74) is 3.07. The van der Waals surface area contributed by atoms with Crippen molar-refractivity contribution in [3.63, 3.8) is 0 Å². The number of aryl methyl sites for hydroxylation is 2. The van der Waals surface area contributed by atoms with Crippen LogP contribution in [0.2, 0.25) is 0 Å². The summed E-state index contributed by atoms with van der Waals surface area (Å²) in [6.07, 6.45) is 1.19. The number of amides is 1. The highest BCUT2D eigenvalue weighted by Crippen LogP contribution is 2.19. The Hall–Kier alpha value is -1.56. The predicted octanol–water partition coefficient (Wildman–Crippen LogP) is 4.18. The van der Waals surface area contributed by atoms with Gasteiger partial charge in [-0.3, -0.25) is 4.79 Å². The minimum absolute atomic E-state index is 0.0321. The Labute approximate surface area is 138 Å². The van der Waals surface area contributed by atoms with Crippen molar-refractivity contribution < 1.29 is 9.53 Å². The molecule has 0 aliphatic rings. The number of ether oxygens (including phenoxy) is 1. The van der Waals surface area contributed by atoms with E-state index in [1.54, 1.807) is 7.11 Å². The summed E-state index contributed by atoms with van der Waals surface area (Å²) >= 11 is 2.24. The highest BCUT2D eigenvalue weighted by molar-refractivity contribution is 14.1. The Balaban J connectivity index is 1.89. The summed E-state index contributed by atoms with van der Waals surface area (Å²) in [4.78, 5) is 11.9. The van der Waals surface area contributed by atoms with Gasteiger partial charge in [-0.2, -0.15) is 0 Å². The molecule has 2 aromatic carbocycles. The molecule has 2 rings (SSSR count). The van der Waals surface area contributed by atoms with E-state index in [-0.39, 0.29) is 5.91 Å². The number of hydrogen-bond acceptors (Lipinski definition) is 2. The maximum atomic E-state index is 11.9. The van der Waals surface area contributed by atoms with Gasteiger partial charge in [-0.25, -0.2) is 0 Å². The van der Waals surface area contributed by atoms with Gasteiger partial charge in [-0.1, -0.05) is 12.1 Å². The molecule has 0 saturated heterocycles. The van der Waals surface area contributed by atoms with Crippen LogP contribution in [0, 0.1) is 10.5 Å².